The quantitative estimate of drug-likeness (QED) is 0.706. The van der Waals surface area contributed by atoms with Crippen LogP contribution >= 0.6 is 0 Å². The van der Waals surface area contributed by atoms with E-state index in [0.717, 1.165) is 25.1 Å². The van der Waals surface area contributed by atoms with E-state index in [1.807, 2.05) is 7.05 Å². The van der Waals surface area contributed by atoms with E-state index in [-0.39, 0.29) is 5.82 Å². The highest BCUT2D eigenvalue weighted by molar-refractivity contribution is 5.21. The van der Waals surface area contributed by atoms with E-state index in [2.05, 4.69) is 5.32 Å². The molecule has 2 nitrogen and oxygen atoms in total. The van der Waals surface area contributed by atoms with Gasteiger partial charge in [-0.05, 0) is 50.7 Å². The summed E-state index contributed by atoms with van der Waals surface area (Å²) >= 11 is 0. The molecule has 0 aliphatic rings. The third-order valence-electron chi connectivity index (χ3n) is 1.90. The van der Waals surface area contributed by atoms with Gasteiger partial charge in [0, 0.05) is 0 Å². The van der Waals surface area contributed by atoms with Crippen LogP contribution in [0, 0.1) is 5.82 Å². The van der Waals surface area contributed by atoms with Crippen LogP contribution in [-0.2, 0) is 0 Å². The second kappa shape index (κ2) is 6.38. The van der Waals surface area contributed by atoms with Gasteiger partial charge in [0.1, 0.15) is 11.6 Å². The SMILES string of the molecule is CNCCCCOc1ccc(F)cc1. The lowest BCUT2D eigenvalue weighted by molar-refractivity contribution is 0.306. The van der Waals surface area contributed by atoms with E-state index >= 15 is 0 Å². The van der Waals surface area contributed by atoms with E-state index in [1.54, 1.807) is 12.1 Å². The summed E-state index contributed by atoms with van der Waals surface area (Å²) in [5.41, 5.74) is 0. The van der Waals surface area contributed by atoms with Crippen molar-refractivity contribution in [3.05, 3.63) is 30.1 Å². The molecule has 1 aromatic rings. The molecule has 0 saturated heterocycles. The Labute approximate surface area is 84.1 Å². The van der Waals surface area contributed by atoms with Crippen molar-refractivity contribution < 1.29 is 9.13 Å². The van der Waals surface area contributed by atoms with Crippen LogP contribution in [0.25, 0.3) is 0 Å². The summed E-state index contributed by atoms with van der Waals surface area (Å²) in [6.07, 6.45) is 2.11. The number of hydrogen-bond donors (Lipinski definition) is 1. The van der Waals surface area contributed by atoms with Gasteiger partial charge >= 0.3 is 0 Å². The Bertz CT molecular complexity index is 248. The van der Waals surface area contributed by atoms with Crippen molar-refractivity contribution in [3.63, 3.8) is 0 Å². The van der Waals surface area contributed by atoms with Crippen LogP contribution in [0.2, 0.25) is 0 Å². The normalized spacial score (nSPS) is 10.1. The maximum atomic E-state index is 12.5. The summed E-state index contributed by atoms with van der Waals surface area (Å²) in [4.78, 5) is 0. The number of hydrogen-bond acceptors (Lipinski definition) is 2. The fraction of sp³-hybridized carbons (Fsp3) is 0.455. The molecule has 0 heterocycles. The van der Waals surface area contributed by atoms with Crippen molar-refractivity contribution in [2.75, 3.05) is 20.2 Å². The van der Waals surface area contributed by atoms with Gasteiger partial charge in [-0.2, -0.15) is 0 Å². The zero-order chi connectivity index (χ0) is 10.2. The first-order valence-corrected chi connectivity index (χ1v) is 4.86. The topological polar surface area (TPSA) is 21.3 Å². The first-order valence-electron chi connectivity index (χ1n) is 4.86. The van der Waals surface area contributed by atoms with Gasteiger partial charge in [0.2, 0.25) is 0 Å². The van der Waals surface area contributed by atoms with Crippen molar-refractivity contribution in [1.82, 2.24) is 5.32 Å². The number of halogens is 1. The lowest BCUT2D eigenvalue weighted by Gasteiger charge is -2.05. The fourth-order valence-electron chi connectivity index (χ4n) is 1.12. The minimum Gasteiger partial charge on any atom is -0.494 e. The van der Waals surface area contributed by atoms with Crippen LogP contribution in [0.4, 0.5) is 4.39 Å². The van der Waals surface area contributed by atoms with Crippen molar-refractivity contribution in [2.24, 2.45) is 0 Å². The predicted molar refractivity (Wildman–Crippen MR) is 55.1 cm³/mol. The van der Waals surface area contributed by atoms with Gasteiger partial charge in [-0.15, -0.1) is 0 Å². The standard InChI is InChI=1S/C11H16FNO/c1-13-8-2-3-9-14-11-6-4-10(12)5-7-11/h4-7,13H,2-3,8-9H2,1H3. The van der Waals surface area contributed by atoms with Crippen LogP contribution in [0.1, 0.15) is 12.8 Å². The average molecular weight is 197 g/mol. The number of unbranched alkanes of at least 4 members (excludes halogenated alkanes) is 1. The van der Waals surface area contributed by atoms with Gasteiger partial charge in [0.25, 0.3) is 0 Å². The molecule has 3 heteroatoms. The van der Waals surface area contributed by atoms with E-state index in [4.69, 9.17) is 4.74 Å². The third kappa shape index (κ3) is 4.23. The molecule has 1 rings (SSSR count). The van der Waals surface area contributed by atoms with Gasteiger partial charge in [0.05, 0.1) is 6.61 Å². The van der Waals surface area contributed by atoms with E-state index in [0.29, 0.717) is 6.61 Å². The lowest BCUT2D eigenvalue weighted by Crippen LogP contribution is -2.09. The van der Waals surface area contributed by atoms with Crippen LogP contribution in [0.5, 0.6) is 5.75 Å². The summed E-state index contributed by atoms with van der Waals surface area (Å²) in [5, 5.41) is 3.07. The van der Waals surface area contributed by atoms with Crippen molar-refractivity contribution in [1.29, 1.82) is 0 Å². The second-order valence-corrected chi connectivity index (χ2v) is 3.11. The molecular formula is C11H16FNO. The third-order valence-corrected chi connectivity index (χ3v) is 1.90. The summed E-state index contributed by atoms with van der Waals surface area (Å²) in [7, 11) is 1.93. The Balaban J connectivity index is 2.15. The molecular weight excluding hydrogens is 181 g/mol. The molecule has 0 atom stereocenters. The largest absolute Gasteiger partial charge is 0.494 e. The molecule has 0 amide bonds. The van der Waals surface area contributed by atoms with Crippen molar-refractivity contribution in [2.45, 2.75) is 12.8 Å². The molecule has 0 radical (unpaired) electrons. The highest BCUT2D eigenvalue weighted by Gasteiger charge is 1.93. The highest BCUT2D eigenvalue weighted by Crippen LogP contribution is 2.11. The molecule has 0 aromatic heterocycles. The summed E-state index contributed by atoms with van der Waals surface area (Å²) in [6, 6.07) is 6.10. The maximum Gasteiger partial charge on any atom is 0.123 e. The Kier molecular flexibility index (Phi) is 5.00. The maximum absolute atomic E-state index is 12.5. The Morgan fingerprint density at radius 3 is 2.57 bits per heavy atom. The van der Waals surface area contributed by atoms with Crippen LogP contribution in [0.3, 0.4) is 0 Å². The molecule has 0 bridgehead atoms. The minimum atomic E-state index is -0.229. The molecule has 0 aliphatic carbocycles. The zero-order valence-electron chi connectivity index (χ0n) is 8.42. The molecule has 0 spiro atoms. The van der Waals surface area contributed by atoms with Crippen LogP contribution in [0.15, 0.2) is 24.3 Å². The Morgan fingerprint density at radius 1 is 1.21 bits per heavy atom. The second-order valence-electron chi connectivity index (χ2n) is 3.11. The molecule has 1 aromatic carbocycles. The van der Waals surface area contributed by atoms with Crippen LogP contribution in [-0.4, -0.2) is 20.2 Å². The summed E-state index contributed by atoms with van der Waals surface area (Å²) in [6.45, 7) is 1.69. The first kappa shape index (κ1) is 11.0. The molecule has 0 saturated carbocycles. The van der Waals surface area contributed by atoms with E-state index < -0.39 is 0 Å². The zero-order valence-corrected chi connectivity index (χ0v) is 8.42. The van der Waals surface area contributed by atoms with E-state index in [9.17, 15) is 4.39 Å². The average Bonchev–Trinajstić information content (AvgIpc) is 2.21. The smallest absolute Gasteiger partial charge is 0.123 e. The monoisotopic (exact) mass is 197 g/mol. The summed E-state index contributed by atoms with van der Waals surface area (Å²) < 4.78 is 17.9. The fourth-order valence-corrected chi connectivity index (χ4v) is 1.12. The Morgan fingerprint density at radius 2 is 1.93 bits per heavy atom. The van der Waals surface area contributed by atoms with E-state index in [1.165, 1.54) is 12.1 Å². The summed E-state index contributed by atoms with van der Waals surface area (Å²) in [5.74, 6) is 0.503. The van der Waals surface area contributed by atoms with Crippen molar-refractivity contribution in [3.8, 4) is 5.75 Å². The molecule has 0 fully saturated rings. The van der Waals surface area contributed by atoms with Gasteiger partial charge in [0.15, 0.2) is 0 Å². The van der Waals surface area contributed by atoms with Crippen molar-refractivity contribution >= 4 is 0 Å². The highest BCUT2D eigenvalue weighted by atomic mass is 19.1. The van der Waals surface area contributed by atoms with Crippen LogP contribution < -0.4 is 10.1 Å². The van der Waals surface area contributed by atoms with Gasteiger partial charge in [-0.3, -0.25) is 0 Å². The number of nitrogens with one attached hydrogen (secondary N) is 1. The number of benzene rings is 1. The molecule has 14 heavy (non-hydrogen) atoms. The Hall–Kier alpha value is -1.09. The van der Waals surface area contributed by atoms with Gasteiger partial charge in [-0.25, -0.2) is 4.39 Å². The van der Waals surface area contributed by atoms with Gasteiger partial charge < -0.3 is 10.1 Å². The molecule has 0 aliphatic heterocycles. The number of ether oxygens (including phenoxy) is 1. The molecule has 0 unspecified atom stereocenters. The lowest BCUT2D eigenvalue weighted by atomic mass is 10.3. The minimum absolute atomic E-state index is 0.229. The predicted octanol–water partition coefficient (Wildman–Crippen LogP) is 2.20. The van der Waals surface area contributed by atoms with Gasteiger partial charge in [-0.1, -0.05) is 0 Å². The first-order chi connectivity index (χ1) is 6.83. The molecule has 1 N–H and O–H groups in total. The number of rotatable bonds is 6. The molecule has 78 valence electrons.